The molecule has 5 heteroatoms. The zero-order valence-corrected chi connectivity index (χ0v) is 20.9. The monoisotopic (exact) mass is 480 g/mol. The van der Waals surface area contributed by atoms with Crippen LogP contribution in [0.2, 0.25) is 0 Å². The van der Waals surface area contributed by atoms with Crippen LogP contribution < -0.4 is 15.0 Å². The van der Waals surface area contributed by atoms with Crippen molar-refractivity contribution in [3.8, 4) is 5.75 Å². The fourth-order valence-electron chi connectivity index (χ4n) is 5.30. The number of rotatable bonds is 6. The van der Waals surface area contributed by atoms with Crippen LogP contribution in [0.25, 0.3) is 0 Å². The Morgan fingerprint density at radius 3 is 2.39 bits per heavy atom. The fraction of sp³-hybridized carbons (Fsp3) is 0.290. The highest BCUT2D eigenvalue weighted by molar-refractivity contribution is 6.06. The molecule has 184 valence electrons. The van der Waals surface area contributed by atoms with Crippen molar-refractivity contribution in [2.75, 3.05) is 16.8 Å². The summed E-state index contributed by atoms with van der Waals surface area (Å²) in [4.78, 5) is 28.8. The number of benzene rings is 3. The molecule has 1 amide bonds. The van der Waals surface area contributed by atoms with Crippen molar-refractivity contribution in [3.05, 3.63) is 101 Å². The van der Waals surface area contributed by atoms with Gasteiger partial charge in [-0.2, -0.15) is 0 Å². The molecule has 0 bridgehead atoms. The highest BCUT2D eigenvalue weighted by atomic mass is 16.5. The van der Waals surface area contributed by atoms with Crippen LogP contribution in [0.5, 0.6) is 5.75 Å². The van der Waals surface area contributed by atoms with E-state index in [0.29, 0.717) is 25.0 Å². The first-order valence-electron chi connectivity index (χ1n) is 12.8. The average molecular weight is 481 g/mol. The number of amides is 1. The van der Waals surface area contributed by atoms with Gasteiger partial charge in [-0.25, -0.2) is 0 Å². The average Bonchev–Trinajstić information content (AvgIpc) is 3.04. The van der Waals surface area contributed by atoms with Crippen molar-refractivity contribution < 1.29 is 14.3 Å². The molecule has 0 fully saturated rings. The van der Waals surface area contributed by atoms with E-state index in [1.54, 1.807) is 11.8 Å². The van der Waals surface area contributed by atoms with Crippen LogP contribution in [0.1, 0.15) is 62.6 Å². The number of unbranched alkanes of at least 4 members (excludes halogenated alkanes) is 1. The van der Waals surface area contributed by atoms with Crippen molar-refractivity contribution in [2.24, 2.45) is 0 Å². The first kappa shape index (κ1) is 23.9. The molecule has 36 heavy (non-hydrogen) atoms. The highest BCUT2D eigenvalue weighted by Crippen LogP contribution is 2.47. The number of nitrogens with zero attached hydrogens (tertiary/aromatic N) is 1. The Hall–Kier alpha value is -3.86. The van der Waals surface area contributed by atoms with Crippen molar-refractivity contribution in [2.45, 2.75) is 51.5 Å². The number of ketones is 1. The lowest BCUT2D eigenvalue weighted by molar-refractivity contribution is -0.117. The van der Waals surface area contributed by atoms with Crippen molar-refractivity contribution >= 4 is 23.1 Å². The summed E-state index contributed by atoms with van der Waals surface area (Å²) < 4.78 is 5.86. The van der Waals surface area contributed by atoms with E-state index in [1.807, 2.05) is 66.7 Å². The van der Waals surface area contributed by atoms with Gasteiger partial charge in [0.25, 0.3) is 0 Å². The van der Waals surface area contributed by atoms with Crippen molar-refractivity contribution in [1.82, 2.24) is 0 Å². The molecule has 1 N–H and O–H groups in total. The van der Waals surface area contributed by atoms with E-state index in [4.69, 9.17) is 4.74 Å². The molecule has 0 saturated carbocycles. The molecule has 1 heterocycles. The molecule has 0 radical (unpaired) electrons. The molecule has 3 aromatic rings. The van der Waals surface area contributed by atoms with Crippen LogP contribution in [0.15, 0.2) is 90.1 Å². The van der Waals surface area contributed by atoms with Gasteiger partial charge in [0.15, 0.2) is 5.78 Å². The van der Waals surface area contributed by atoms with Gasteiger partial charge in [0, 0.05) is 24.6 Å². The summed E-state index contributed by atoms with van der Waals surface area (Å²) in [6.45, 7) is 4.37. The van der Waals surface area contributed by atoms with Crippen LogP contribution >= 0.6 is 0 Å². The Morgan fingerprint density at radius 1 is 0.944 bits per heavy atom. The molecule has 5 nitrogen and oxygen atoms in total. The standard InChI is InChI=1S/C31H32N2O3/c1-3-4-18-36-25-16-14-23(15-17-25)31-30-27(19-24(20-29(30)35)22-10-6-5-7-11-22)32-26-12-8-9-13-28(26)33(31)21(2)34/h5-17,24,31-32H,3-4,18-20H2,1-2H3/t24-,31-/m1/s1. The summed E-state index contributed by atoms with van der Waals surface area (Å²) in [6.07, 6.45) is 3.20. The summed E-state index contributed by atoms with van der Waals surface area (Å²) in [5.74, 6) is 0.854. The van der Waals surface area contributed by atoms with E-state index >= 15 is 0 Å². The maximum atomic E-state index is 13.8. The number of anilines is 2. The summed E-state index contributed by atoms with van der Waals surface area (Å²) in [5.41, 5.74) is 5.23. The SMILES string of the molecule is CCCCOc1ccc([C@@H]2C3=C(C[C@@H](c4ccccc4)CC3=O)Nc3ccccc3N2C(C)=O)cc1. The molecule has 5 rings (SSSR count). The van der Waals surface area contributed by atoms with E-state index in [0.717, 1.165) is 46.8 Å². The molecular weight excluding hydrogens is 448 g/mol. The molecule has 2 aliphatic rings. The number of hydrogen-bond donors (Lipinski definition) is 1. The van der Waals surface area contributed by atoms with Gasteiger partial charge < -0.3 is 10.1 Å². The maximum Gasteiger partial charge on any atom is 0.224 e. The lowest BCUT2D eigenvalue weighted by Gasteiger charge is -2.34. The Kier molecular flexibility index (Phi) is 6.90. The van der Waals surface area contributed by atoms with E-state index in [9.17, 15) is 9.59 Å². The van der Waals surface area contributed by atoms with Gasteiger partial charge in [0.2, 0.25) is 5.91 Å². The largest absolute Gasteiger partial charge is 0.494 e. The predicted octanol–water partition coefficient (Wildman–Crippen LogP) is 6.79. The Labute approximate surface area is 212 Å². The number of carbonyl (C=O) groups is 2. The molecule has 1 aliphatic heterocycles. The molecule has 0 aromatic heterocycles. The highest BCUT2D eigenvalue weighted by Gasteiger charge is 2.40. The number of Topliss-reactive ketones (excluding diaryl/α,β-unsaturated/α-hetero) is 1. The van der Waals surface area contributed by atoms with Crippen LogP contribution in [0.3, 0.4) is 0 Å². The van der Waals surface area contributed by atoms with E-state index in [1.165, 1.54) is 0 Å². The first-order chi connectivity index (χ1) is 17.6. The summed E-state index contributed by atoms with van der Waals surface area (Å²) in [5, 5.41) is 3.56. The van der Waals surface area contributed by atoms with Crippen molar-refractivity contribution in [1.29, 1.82) is 0 Å². The minimum absolute atomic E-state index is 0.0740. The second kappa shape index (κ2) is 10.4. The van der Waals surface area contributed by atoms with Gasteiger partial charge >= 0.3 is 0 Å². The number of nitrogens with one attached hydrogen (secondary N) is 1. The number of carbonyl (C=O) groups excluding carboxylic acids is 2. The summed E-state index contributed by atoms with van der Waals surface area (Å²) >= 11 is 0. The zero-order valence-electron chi connectivity index (χ0n) is 20.9. The van der Waals surface area contributed by atoms with Crippen LogP contribution in [0, 0.1) is 0 Å². The van der Waals surface area contributed by atoms with Gasteiger partial charge in [0.1, 0.15) is 5.75 Å². The minimum atomic E-state index is -0.512. The minimum Gasteiger partial charge on any atom is -0.494 e. The quantitative estimate of drug-likeness (QED) is 0.395. The Morgan fingerprint density at radius 2 is 1.67 bits per heavy atom. The molecule has 0 saturated heterocycles. The molecule has 2 atom stereocenters. The normalized spacial score (nSPS) is 19.2. The second-order valence-electron chi connectivity index (χ2n) is 9.54. The van der Waals surface area contributed by atoms with Gasteiger partial charge in [-0.05, 0) is 54.2 Å². The fourth-order valence-corrected chi connectivity index (χ4v) is 5.30. The number of para-hydroxylation sites is 2. The van der Waals surface area contributed by atoms with Crippen LogP contribution in [-0.2, 0) is 9.59 Å². The zero-order chi connectivity index (χ0) is 25.1. The third kappa shape index (κ3) is 4.66. The second-order valence-corrected chi connectivity index (χ2v) is 9.54. The van der Waals surface area contributed by atoms with Gasteiger partial charge in [-0.3, -0.25) is 14.5 Å². The number of fused-ring (bicyclic) bond motifs is 1. The van der Waals surface area contributed by atoms with E-state index in [-0.39, 0.29) is 17.6 Å². The smallest absolute Gasteiger partial charge is 0.224 e. The number of allylic oxidation sites excluding steroid dienone is 1. The van der Waals surface area contributed by atoms with Crippen molar-refractivity contribution in [3.63, 3.8) is 0 Å². The first-order valence-corrected chi connectivity index (χ1v) is 12.8. The van der Waals surface area contributed by atoms with Crippen LogP contribution in [0.4, 0.5) is 11.4 Å². The number of hydrogen-bond acceptors (Lipinski definition) is 4. The molecule has 1 aliphatic carbocycles. The number of ether oxygens (including phenoxy) is 1. The molecule has 0 spiro atoms. The van der Waals surface area contributed by atoms with Gasteiger partial charge in [0.05, 0.1) is 24.0 Å². The third-order valence-corrected chi connectivity index (χ3v) is 7.06. The molecule has 0 unspecified atom stereocenters. The van der Waals surface area contributed by atoms with Gasteiger partial charge in [-0.15, -0.1) is 0 Å². The Balaban J connectivity index is 1.61. The summed E-state index contributed by atoms with van der Waals surface area (Å²) in [7, 11) is 0. The van der Waals surface area contributed by atoms with Crippen LogP contribution in [-0.4, -0.2) is 18.3 Å². The van der Waals surface area contributed by atoms with E-state index in [2.05, 4.69) is 24.4 Å². The summed E-state index contributed by atoms with van der Waals surface area (Å²) in [6, 6.07) is 25.3. The topological polar surface area (TPSA) is 58.6 Å². The lowest BCUT2D eigenvalue weighted by Crippen LogP contribution is -2.37. The third-order valence-electron chi connectivity index (χ3n) is 7.06. The Bertz CT molecular complexity index is 1280. The molecular formula is C31H32N2O3. The lowest BCUT2D eigenvalue weighted by atomic mass is 9.78. The predicted molar refractivity (Wildman–Crippen MR) is 143 cm³/mol. The van der Waals surface area contributed by atoms with E-state index < -0.39 is 6.04 Å². The molecule has 3 aromatic carbocycles. The van der Waals surface area contributed by atoms with Gasteiger partial charge in [-0.1, -0.05) is 67.9 Å². The maximum absolute atomic E-state index is 13.8.